The molecule has 16 heavy (non-hydrogen) atoms. The molecule has 4 nitrogen and oxygen atoms in total. The molecule has 0 aliphatic carbocycles. The number of nitrogens with zero attached hydrogens (tertiary/aromatic N) is 1. The van der Waals surface area contributed by atoms with Crippen molar-refractivity contribution in [2.75, 3.05) is 13.6 Å². The van der Waals surface area contributed by atoms with Crippen molar-refractivity contribution in [1.82, 2.24) is 4.90 Å². The van der Waals surface area contributed by atoms with Crippen LogP contribution in [0.25, 0.3) is 0 Å². The van der Waals surface area contributed by atoms with Gasteiger partial charge >= 0.3 is 0 Å². The minimum Gasteiger partial charge on any atom is -0.508 e. The highest BCUT2D eigenvalue weighted by Gasteiger charge is 2.16. The van der Waals surface area contributed by atoms with E-state index in [0.717, 1.165) is 0 Å². The van der Waals surface area contributed by atoms with Crippen LogP contribution in [0.5, 0.6) is 5.75 Å². The summed E-state index contributed by atoms with van der Waals surface area (Å²) in [6.07, 6.45) is 0. The van der Waals surface area contributed by atoms with Crippen molar-refractivity contribution in [1.29, 1.82) is 0 Å². The molecule has 1 amide bonds. The Morgan fingerprint density at radius 1 is 1.62 bits per heavy atom. The number of carbonyl (C=O) groups excluding carboxylic acids is 1. The zero-order valence-electron chi connectivity index (χ0n) is 9.27. The zero-order valence-corrected chi connectivity index (χ0v) is 10.0. The van der Waals surface area contributed by atoms with Crippen LogP contribution in [0.1, 0.15) is 17.3 Å². The molecular formula is C11H15ClN2O2. The molecule has 1 unspecified atom stereocenters. The molecule has 0 saturated carbocycles. The van der Waals surface area contributed by atoms with Gasteiger partial charge < -0.3 is 15.7 Å². The molecule has 1 aromatic rings. The molecule has 0 aliphatic rings. The number of hydrogen-bond acceptors (Lipinski definition) is 3. The second kappa shape index (κ2) is 5.18. The number of carbonyl (C=O) groups is 1. The standard InChI is InChI=1S/C11H15ClN2O2/c1-7(13)6-14(2)11(16)9-5-8(15)3-4-10(9)12/h3-5,7,15H,6,13H2,1-2H3. The zero-order chi connectivity index (χ0) is 12.3. The lowest BCUT2D eigenvalue weighted by Gasteiger charge is -2.19. The van der Waals surface area contributed by atoms with Gasteiger partial charge in [-0.25, -0.2) is 0 Å². The van der Waals surface area contributed by atoms with Crippen LogP contribution in [-0.2, 0) is 0 Å². The summed E-state index contributed by atoms with van der Waals surface area (Å²) >= 11 is 5.88. The molecule has 0 heterocycles. The lowest BCUT2D eigenvalue weighted by atomic mass is 10.2. The van der Waals surface area contributed by atoms with E-state index in [0.29, 0.717) is 11.6 Å². The molecule has 0 bridgehead atoms. The first-order chi connectivity index (χ1) is 7.41. The number of benzene rings is 1. The summed E-state index contributed by atoms with van der Waals surface area (Å²) in [6.45, 7) is 2.25. The highest BCUT2D eigenvalue weighted by molar-refractivity contribution is 6.33. The van der Waals surface area contributed by atoms with Gasteiger partial charge in [0.25, 0.3) is 5.91 Å². The van der Waals surface area contributed by atoms with E-state index in [4.69, 9.17) is 17.3 Å². The van der Waals surface area contributed by atoms with Crippen LogP contribution in [-0.4, -0.2) is 35.5 Å². The Morgan fingerprint density at radius 3 is 2.81 bits per heavy atom. The highest BCUT2D eigenvalue weighted by atomic mass is 35.5. The van der Waals surface area contributed by atoms with Crippen LogP contribution in [0.2, 0.25) is 5.02 Å². The van der Waals surface area contributed by atoms with E-state index in [2.05, 4.69) is 0 Å². The molecule has 1 aromatic carbocycles. The average Bonchev–Trinajstić information content (AvgIpc) is 2.19. The van der Waals surface area contributed by atoms with Gasteiger partial charge in [0, 0.05) is 19.6 Å². The summed E-state index contributed by atoms with van der Waals surface area (Å²) in [7, 11) is 1.64. The van der Waals surface area contributed by atoms with Gasteiger partial charge in [-0.2, -0.15) is 0 Å². The third-order valence-electron chi connectivity index (χ3n) is 2.09. The molecule has 1 rings (SSSR count). The number of likely N-dealkylation sites (N-methyl/N-ethyl adjacent to an activating group) is 1. The van der Waals surface area contributed by atoms with E-state index in [-0.39, 0.29) is 23.3 Å². The van der Waals surface area contributed by atoms with Crippen molar-refractivity contribution in [3.63, 3.8) is 0 Å². The lowest BCUT2D eigenvalue weighted by Crippen LogP contribution is -2.37. The van der Waals surface area contributed by atoms with Gasteiger partial charge in [-0.1, -0.05) is 11.6 Å². The molecule has 0 saturated heterocycles. The van der Waals surface area contributed by atoms with Crippen LogP contribution in [0.15, 0.2) is 18.2 Å². The second-order valence-corrected chi connectivity index (χ2v) is 4.23. The molecule has 3 N–H and O–H groups in total. The Morgan fingerprint density at radius 2 is 2.25 bits per heavy atom. The molecule has 0 radical (unpaired) electrons. The number of nitrogens with two attached hydrogens (primary N) is 1. The van der Waals surface area contributed by atoms with Crippen molar-refractivity contribution in [3.8, 4) is 5.75 Å². The fourth-order valence-electron chi connectivity index (χ4n) is 1.40. The summed E-state index contributed by atoms with van der Waals surface area (Å²) < 4.78 is 0. The van der Waals surface area contributed by atoms with Crippen molar-refractivity contribution in [2.45, 2.75) is 13.0 Å². The summed E-state index contributed by atoms with van der Waals surface area (Å²) in [5.41, 5.74) is 5.88. The normalized spacial score (nSPS) is 12.2. The fraction of sp³-hybridized carbons (Fsp3) is 0.364. The minimum absolute atomic E-state index is 0.0157. The first kappa shape index (κ1) is 12.8. The Hall–Kier alpha value is -1.26. The molecule has 88 valence electrons. The lowest BCUT2D eigenvalue weighted by molar-refractivity contribution is 0.0788. The number of amides is 1. The predicted octanol–water partition coefficient (Wildman–Crippen LogP) is 1.46. The van der Waals surface area contributed by atoms with E-state index in [1.807, 2.05) is 6.92 Å². The first-order valence-corrected chi connectivity index (χ1v) is 5.29. The van der Waals surface area contributed by atoms with Gasteiger partial charge in [-0.3, -0.25) is 4.79 Å². The number of rotatable bonds is 3. The van der Waals surface area contributed by atoms with Crippen LogP contribution in [0.4, 0.5) is 0 Å². The maximum atomic E-state index is 11.9. The van der Waals surface area contributed by atoms with Crippen molar-refractivity contribution in [2.24, 2.45) is 5.73 Å². The number of halogens is 1. The second-order valence-electron chi connectivity index (χ2n) is 3.83. The molecule has 0 aromatic heterocycles. The molecule has 0 aliphatic heterocycles. The summed E-state index contributed by atoms with van der Waals surface area (Å²) in [4.78, 5) is 13.4. The molecule has 0 spiro atoms. The molecule has 1 atom stereocenters. The average molecular weight is 243 g/mol. The van der Waals surface area contributed by atoms with Crippen LogP contribution < -0.4 is 5.73 Å². The third-order valence-corrected chi connectivity index (χ3v) is 2.42. The quantitative estimate of drug-likeness (QED) is 0.844. The fourth-order valence-corrected chi connectivity index (χ4v) is 1.60. The van der Waals surface area contributed by atoms with Crippen LogP contribution in [0, 0.1) is 0 Å². The van der Waals surface area contributed by atoms with Gasteiger partial charge in [-0.15, -0.1) is 0 Å². The van der Waals surface area contributed by atoms with E-state index in [1.165, 1.54) is 23.1 Å². The van der Waals surface area contributed by atoms with Crippen molar-refractivity contribution in [3.05, 3.63) is 28.8 Å². The molecule has 5 heteroatoms. The van der Waals surface area contributed by atoms with Gasteiger partial charge in [-0.05, 0) is 25.1 Å². The number of phenols is 1. The Balaban J connectivity index is 2.91. The van der Waals surface area contributed by atoms with E-state index >= 15 is 0 Å². The monoisotopic (exact) mass is 242 g/mol. The Kier molecular flexibility index (Phi) is 4.15. The predicted molar refractivity (Wildman–Crippen MR) is 63.7 cm³/mol. The van der Waals surface area contributed by atoms with Gasteiger partial charge in [0.05, 0.1) is 10.6 Å². The SMILES string of the molecule is CC(N)CN(C)C(=O)c1cc(O)ccc1Cl. The van der Waals surface area contributed by atoms with E-state index in [9.17, 15) is 9.90 Å². The van der Waals surface area contributed by atoms with Gasteiger partial charge in [0.2, 0.25) is 0 Å². The summed E-state index contributed by atoms with van der Waals surface area (Å²) in [6, 6.07) is 4.17. The number of hydrogen-bond donors (Lipinski definition) is 2. The summed E-state index contributed by atoms with van der Waals surface area (Å²) in [5.74, 6) is -0.236. The summed E-state index contributed by atoms with van der Waals surface area (Å²) in [5, 5.41) is 9.61. The van der Waals surface area contributed by atoms with Gasteiger partial charge in [0.15, 0.2) is 0 Å². The maximum Gasteiger partial charge on any atom is 0.255 e. The maximum absolute atomic E-state index is 11.9. The minimum atomic E-state index is -0.252. The first-order valence-electron chi connectivity index (χ1n) is 4.91. The van der Waals surface area contributed by atoms with Crippen molar-refractivity contribution >= 4 is 17.5 Å². The Labute approximate surface area is 99.6 Å². The largest absolute Gasteiger partial charge is 0.508 e. The third kappa shape index (κ3) is 3.12. The Bertz CT molecular complexity index is 394. The topological polar surface area (TPSA) is 66.6 Å². The highest BCUT2D eigenvalue weighted by Crippen LogP contribution is 2.22. The van der Waals surface area contributed by atoms with Crippen LogP contribution >= 0.6 is 11.6 Å². The van der Waals surface area contributed by atoms with Crippen molar-refractivity contribution < 1.29 is 9.90 Å². The smallest absolute Gasteiger partial charge is 0.255 e. The molecular weight excluding hydrogens is 228 g/mol. The van der Waals surface area contributed by atoms with Gasteiger partial charge in [0.1, 0.15) is 5.75 Å². The molecule has 0 fully saturated rings. The number of phenolic OH excluding ortho intramolecular Hbond substituents is 1. The van der Waals surface area contributed by atoms with Crippen LogP contribution in [0.3, 0.4) is 0 Å². The number of aromatic hydroxyl groups is 1. The van der Waals surface area contributed by atoms with E-state index < -0.39 is 0 Å². The van der Waals surface area contributed by atoms with E-state index in [1.54, 1.807) is 7.05 Å².